The molecule has 0 amide bonds. The summed E-state index contributed by atoms with van der Waals surface area (Å²) in [7, 11) is -3.77. The van der Waals surface area contributed by atoms with Crippen molar-refractivity contribution in [2.24, 2.45) is 0 Å². The van der Waals surface area contributed by atoms with Crippen LogP contribution < -0.4 is 4.74 Å². The summed E-state index contributed by atoms with van der Waals surface area (Å²) in [5.41, 5.74) is -0.434. The molecule has 11 heteroatoms. The van der Waals surface area contributed by atoms with Crippen molar-refractivity contribution in [3.8, 4) is 5.75 Å². The van der Waals surface area contributed by atoms with Crippen LogP contribution in [0.2, 0.25) is 0 Å². The van der Waals surface area contributed by atoms with Crippen LogP contribution in [0.15, 0.2) is 23.1 Å². The fraction of sp³-hybridized carbons (Fsp3) is 0.684. The van der Waals surface area contributed by atoms with Gasteiger partial charge in [0.25, 0.3) is 0 Å². The van der Waals surface area contributed by atoms with Crippen LogP contribution in [0.1, 0.15) is 26.7 Å². The van der Waals surface area contributed by atoms with Gasteiger partial charge in [-0.05, 0) is 38.8 Å². The van der Waals surface area contributed by atoms with Gasteiger partial charge in [-0.2, -0.15) is 4.31 Å². The molecule has 0 saturated carbocycles. The van der Waals surface area contributed by atoms with E-state index < -0.39 is 26.7 Å². The van der Waals surface area contributed by atoms with Gasteiger partial charge in [0.05, 0.1) is 22.0 Å². The summed E-state index contributed by atoms with van der Waals surface area (Å²) in [5.74, 6) is -0.0665. The first kappa shape index (κ1) is 22.9. The molecular weight excluding hydrogens is 414 g/mol. The molecule has 0 aliphatic carbocycles. The molecule has 1 aromatic rings. The number of benzene rings is 1. The Kier molecular flexibility index (Phi) is 7.30. The Hall–Kier alpha value is -1.79. The van der Waals surface area contributed by atoms with Gasteiger partial charge in [0.1, 0.15) is 12.7 Å². The monoisotopic (exact) mass is 443 g/mol. The molecule has 2 heterocycles. The van der Waals surface area contributed by atoms with Crippen LogP contribution in [0.3, 0.4) is 0 Å². The molecule has 0 radical (unpaired) electrons. The Labute approximate surface area is 176 Å². The Morgan fingerprint density at radius 1 is 1.27 bits per heavy atom. The molecule has 2 aliphatic rings. The summed E-state index contributed by atoms with van der Waals surface area (Å²) < 4.78 is 37.8. The van der Waals surface area contributed by atoms with E-state index in [0.717, 1.165) is 18.9 Å². The summed E-state index contributed by atoms with van der Waals surface area (Å²) in [4.78, 5) is 12.8. The Bertz CT molecular complexity index is 848. The predicted octanol–water partition coefficient (Wildman–Crippen LogP) is 1.23. The highest BCUT2D eigenvalue weighted by molar-refractivity contribution is 7.89. The number of morpholine rings is 1. The highest BCUT2D eigenvalue weighted by Crippen LogP contribution is 2.32. The lowest BCUT2D eigenvalue weighted by atomic mass is 10.2. The van der Waals surface area contributed by atoms with E-state index in [4.69, 9.17) is 9.47 Å². The molecule has 0 unspecified atom stereocenters. The van der Waals surface area contributed by atoms with E-state index in [9.17, 15) is 23.6 Å². The van der Waals surface area contributed by atoms with Gasteiger partial charge in [-0.15, -0.1) is 0 Å². The molecule has 3 rings (SSSR count). The number of rotatable bonds is 8. The third-order valence-electron chi connectivity index (χ3n) is 5.23. The molecular formula is C19H29N3O7S. The van der Waals surface area contributed by atoms with Gasteiger partial charge in [-0.3, -0.25) is 15.0 Å². The molecule has 2 aliphatic heterocycles. The zero-order valence-corrected chi connectivity index (χ0v) is 18.1. The minimum Gasteiger partial charge on any atom is -0.484 e. The number of nitro groups is 1. The molecule has 168 valence electrons. The molecule has 3 atom stereocenters. The maximum absolute atomic E-state index is 12.7. The predicted molar refractivity (Wildman–Crippen MR) is 109 cm³/mol. The van der Waals surface area contributed by atoms with Crippen molar-refractivity contribution in [1.82, 2.24) is 9.21 Å². The number of β-amino-alcohol motifs (C(OH)–C–C–N with tert-alkyl or cyclic N) is 1. The van der Waals surface area contributed by atoms with E-state index in [1.54, 1.807) is 0 Å². The van der Waals surface area contributed by atoms with Crippen molar-refractivity contribution in [3.63, 3.8) is 0 Å². The van der Waals surface area contributed by atoms with Gasteiger partial charge in [-0.25, -0.2) is 8.42 Å². The Morgan fingerprint density at radius 3 is 2.50 bits per heavy atom. The SMILES string of the molecule is C[C@@H]1CN(C[C@@H](O)COc2ccc(S(=O)(=O)N3CCCC3)cc2[N+](=O)[O-])C[C@@H](C)O1. The lowest BCUT2D eigenvalue weighted by Crippen LogP contribution is -2.48. The first-order chi connectivity index (χ1) is 14.2. The fourth-order valence-electron chi connectivity index (χ4n) is 3.97. The van der Waals surface area contributed by atoms with Crippen molar-refractivity contribution in [2.75, 3.05) is 39.3 Å². The van der Waals surface area contributed by atoms with Gasteiger partial charge in [0, 0.05) is 38.8 Å². The van der Waals surface area contributed by atoms with Crippen LogP contribution >= 0.6 is 0 Å². The van der Waals surface area contributed by atoms with E-state index in [1.165, 1.54) is 16.4 Å². The second-order valence-corrected chi connectivity index (χ2v) is 9.88. The molecule has 0 spiro atoms. The molecule has 2 fully saturated rings. The summed E-state index contributed by atoms with van der Waals surface area (Å²) in [6.07, 6.45) is 0.832. The van der Waals surface area contributed by atoms with Crippen molar-refractivity contribution < 1.29 is 27.9 Å². The number of aliphatic hydroxyl groups excluding tert-OH is 1. The smallest absolute Gasteiger partial charge is 0.312 e. The topological polar surface area (TPSA) is 122 Å². The lowest BCUT2D eigenvalue weighted by Gasteiger charge is -2.36. The number of hydrogen-bond acceptors (Lipinski definition) is 8. The quantitative estimate of drug-likeness (QED) is 0.470. The first-order valence-corrected chi connectivity index (χ1v) is 11.6. The van der Waals surface area contributed by atoms with E-state index in [-0.39, 0.29) is 29.5 Å². The number of nitro benzene ring substituents is 1. The molecule has 0 bridgehead atoms. The second-order valence-electron chi connectivity index (χ2n) is 7.94. The summed E-state index contributed by atoms with van der Waals surface area (Å²) in [6.45, 7) is 6.35. The van der Waals surface area contributed by atoms with Crippen molar-refractivity contribution in [3.05, 3.63) is 28.3 Å². The van der Waals surface area contributed by atoms with Gasteiger partial charge in [0.2, 0.25) is 10.0 Å². The van der Waals surface area contributed by atoms with Gasteiger partial charge < -0.3 is 14.6 Å². The maximum atomic E-state index is 12.7. The molecule has 1 aromatic carbocycles. The number of sulfonamides is 1. The minimum atomic E-state index is -3.77. The van der Waals surface area contributed by atoms with Crippen LogP contribution in [0.25, 0.3) is 0 Å². The number of nitrogens with zero attached hydrogens (tertiary/aromatic N) is 3. The minimum absolute atomic E-state index is 0.0630. The maximum Gasteiger partial charge on any atom is 0.312 e. The molecule has 0 aromatic heterocycles. The van der Waals surface area contributed by atoms with Crippen LogP contribution in [-0.4, -0.2) is 85.3 Å². The summed E-state index contributed by atoms with van der Waals surface area (Å²) >= 11 is 0. The van der Waals surface area contributed by atoms with Crippen molar-refractivity contribution in [1.29, 1.82) is 0 Å². The van der Waals surface area contributed by atoms with E-state index >= 15 is 0 Å². The van der Waals surface area contributed by atoms with Crippen LogP contribution in [0.4, 0.5) is 5.69 Å². The summed E-state index contributed by atoms with van der Waals surface area (Å²) in [6, 6.07) is 3.63. The van der Waals surface area contributed by atoms with Crippen molar-refractivity contribution >= 4 is 15.7 Å². The number of aliphatic hydroxyl groups is 1. The van der Waals surface area contributed by atoms with Gasteiger partial charge >= 0.3 is 5.69 Å². The second kappa shape index (κ2) is 9.56. The third-order valence-corrected chi connectivity index (χ3v) is 7.12. The van der Waals surface area contributed by atoms with Crippen molar-refractivity contribution in [2.45, 2.75) is 49.9 Å². The molecule has 30 heavy (non-hydrogen) atoms. The number of hydrogen-bond donors (Lipinski definition) is 1. The van der Waals surface area contributed by atoms with Crippen LogP contribution in [0.5, 0.6) is 5.75 Å². The van der Waals surface area contributed by atoms with Gasteiger partial charge in [0.15, 0.2) is 5.75 Å². The Balaban J connectivity index is 1.66. The average Bonchev–Trinajstić information content (AvgIpc) is 3.21. The normalized spacial score (nSPS) is 24.6. The van der Waals surface area contributed by atoms with Gasteiger partial charge in [-0.1, -0.05) is 0 Å². The number of ether oxygens (including phenoxy) is 2. The zero-order chi connectivity index (χ0) is 21.9. The summed E-state index contributed by atoms with van der Waals surface area (Å²) in [5, 5.41) is 21.8. The standard InChI is InChI=1S/C19H29N3O7S/c1-14-10-20(11-15(2)29-14)12-16(23)13-28-19-6-5-17(9-18(19)22(24)25)30(26,27)21-7-3-4-8-21/h5-6,9,14-16,23H,3-4,7-8,10-13H2,1-2H3/t14-,15-,16-/m1/s1. The molecule has 10 nitrogen and oxygen atoms in total. The first-order valence-electron chi connectivity index (χ1n) is 10.1. The third kappa shape index (κ3) is 5.46. The zero-order valence-electron chi connectivity index (χ0n) is 17.3. The highest BCUT2D eigenvalue weighted by Gasteiger charge is 2.30. The highest BCUT2D eigenvalue weighted by atomic mass is 32.2. The van der Waals surface area contributed by atoms with Crippen LogP contribution in [0, 0.1) is 10.1 Å². The lowest BCUT2D eigenvalue weighted by molar-refractivity contribution is -0.386. The average molecular weight is 444 g/mol. The van der Waals surface area contributed by atoms with Crippen LogP contribution in [-0.2, 0) is 14.8 Å². The molecule has 1 N–H and O–H groups in total. The largest absolute Gasteiger partial charge is 0.484 e. The molecule has 2 saturated heterocycles. The Morgan fingerprint density at radius 2 is 1.90 bits per heavy atom. The van der Waals surface area contributed by atoms with E-state index in [2.05, 4.69) is 4.90 Å². The fourth-order valence-corrected chi connectivity index (χ4v) is 5.51. The van der Waals surface area contributed by atoms with E-state index in [1.807, 2.05) is 13.8 Å². The van der Waals surface area contributed by atoms with E-state index in [0.29, 0.717) is 32.7 Å².